The van der Waals surface area contributed by atoms with E-state index >= 15 is 0 Å². The molecule has 2 saturated heterocycles. The van der Waals surface area contributed by atoms with Crippen LogP contribution in [0.15, 0.2) is 27.7 Å². The summed E-state index contributed by atoms with van der Waals surface area (Å²) in [4.78, 5) is 28.6. The van der Waals surface area contributed by atoms with E-state index in [9.17, 15) is 9.59 Å². The molecular weight excluding hydrogens is 332 g/mol. The Morgan fingerprint density at radius 3 is 2.83 bits per heavy atom. The number of thiocarbonyl (C=S) groups is 1. The predicted molar refractivity (Wildman–Crippen MR) is 93.6 cm³/mol. The molecule has 23 heavy (non-hydrogen) atoms. The zero-order valence-electron chi connectivity index (χ0n) is 12.7. The van der Waals surface area contributed by atoms with E-state index in [0.29, 0.717) is 28.0 Å². The van der Waals surface area contributed by atoms with Crippen molar-refractivity contribution < 1.29 is 14.0 Å². The van der Waals surface area contributed by atoms with E-state index in [1.807, 2.05) is 4.90 Å². The molecule has 1 aromatic heterocycles. The summed E-state index contributed by atoms with van der Waals surface area (Å²) in [5.41, 5.74) is 0. The van der Waals surface area contributed by atoms with E-state index in [1.165, 1.54) is 23.1 Å². The van der Waals surface area contributed by atoms with Crippen LogP contribution in [0, 0.1) is 0 Å². The lowest BCUT2D eigenvalue weighted by Crippen LogP contribution is -2.38. The number of amides is 2. The zero-order chi connectivity index (χ0) is 16.2. The maximum Gasteiger partial charge on any atom is 0.266 e. The number of hydrogen-bond acceptors (Lipinski definition) is 5. The van der Waals surface area contributed by atoms with Crippen molar-refractivity contribution in [2.75, 3.05) is 19.6 Å². The normalized spacial score (nSPS) is 20.6. The average molecular weight is 350 g/mol. The molecule has 0 radical (unpaired) electrons. The molecule has 5 nitrogen and oxygen atoms in total. The Morgan fingerprint density at radius 1 is 1.35 bits per heavy atom. The van der Waals surface area contributed by atoms with Crippen molar-refractivity contribution in [3.8, 4) is 0 Å². The highest BCUT2D eigenvalue weighted by atomic mass is 32.2. The van der Waals surface area contributed by atoms with Gasteiger partial charge in [0.2, 0.25) is 5.91 Å². The summed E-state index contributed by atoms with van der Waals surface area (Å²) in [6.07, 6.45) is 6.89. The summed E-state index contributed by atoms with van der Waals surface area (Å²) in [7, 11) is 0. The number of rotatable bonds is 4. The van der Waals surface area contributed by atoms with Crippen LogP contribution in [-0.4, -0.2) is 45.6 Å². The second-order valence-electron chi connectivity index (χ2n) is 5.54. The second kappa shape index (κ2) is 7.31. The van der Waals surface area contributed by atoms with Crippen LogP contribution in [0.2, 0.25) is 0 Å². The highest BCUT2D eigenvalue weighted by Crippen LogP contribution is 2.32. The summed E-state index contributed by atoms with van der Waals surface area (Å²) in [6.45, 7) is 2.00. The molecule has 2 fully saturated rings. The largest absolute Gasteiger partial charge is 0.465 e. The van der Waals surface area contributed by atoms with Gasteiger partial charge in [-0.15, -0.1) is 0 Å². The molecule has 0 saturated carbocycles. The number of carbonyl (C=O) groups excluding carboxylic acids is 2. The van der Waals surface area contributed by atoms with E-state index < -0.39 is 0 Å². The van der Waals surface area contributed by atoms with Gasteiger partial charge >= 0.3 is 0 Å². The minimum Gasteiger partial charge on any atom is -0.465 e. The highest BCUT2D eigenvalue weighted by Gasteiger charge is 2.32. The number of hydrogen-bond donors (Lipinski definition) is 0. The van der Waals surface area contributed by atoms with Crippen LogP contribution in [0.3, 0.4) is 0 Å². The lowest BCUT2D eigenvalue weighted by Gasteiger charge is -2.27. The van der Waals surface area contributed by atoms with E-state index in [0.717, 1.165) is 25.9 Å². The SMILES string of the molecule is O=C(CCN1C(=O)C(=Cc2ccco2)SC1=S)N1CCCCC1. The molecule has 3 rings (SSSR count). The standard InChI is InChI=1S/C16H18N2O3S2/c19-14(17-7-2-1-3-8-17)6-9-18-15(20)13(23-16(18)22)11-12-5-4-10-21-12/h4-5,10-11H,1-3,6-9H2. The first-order chi connectivity index (χ1) is 11.1. The van der Waals surface area contributed by atoms with Crippen LogP contribution in [0.25, 0.3) is 6.08 Å². The fourth-order valence-corrected chi connectivity index (χ4v) is 3.99. The van der Waals surface area contributed by atoms with Crippen LogP contribution in [0.5, 0.6) is 0 Å². The first kappa shape index (κ1) is 16.3. The molecule has 0 atom stereocenters. The Morgan fingerprint density at radius 2 is 2.13 bits per heavy atom. The van der Waals surface area contributed by atoms with Crippen molar-refractivity contribution in [2.24, 2.45) is 0 Å². The molecule has 122 valence electrons. The molecule has 2 amide bonds. The molecular formula is C16H18N2O3S2. The minimum atomic E-state index is -0.150. The summed E-state index contributed by atoms with van der Waals surface area (Å²) in [5, 5.41) is 0. The van der Waals surface area contributed by atoms with Crippen LogP contribution >= 0.6 is 24.0 Å². The Bertz CT molecular complexity index is 634. The van der Waals surface area contributed by atoms with Gasteiger partial charge in [0.1, 0.15) is 10.1 Å². The third kappa shape index (κ3) is 3.84. The number of thioether (sulfide) groups is 1. The fourth-order valence-electron chi connectivity index (χ4n) is 2.70. The molecule has 0 spiro atoms. The van der Waals surface area contributed by atoms with Gasteiger partial charge in [0, 0.05) is 32.1 Å². The summed E-state index contributed by atoms with van der Waals surface area (Å²) >= 11 is 6.52. The summed E-state index contributed by atoms with van der Waals surface area (Å²) in [6, 6.07) is 3.55. The highest BCUT2D eigenvalue weighted by molar-refractivity contribution is 8.26. The monoisotopic (exact) mass is 350 g/mol. The van der Waals surface area contributed by atoms with Crippen molar-refractivity contribution in [2.45, 2.75) is 25.7 Å². The van der Waals surface area contributed by atoms with E-state index in [1.54, 1.807) is 24.5 Å². The first-order valence-electron chi connectivity index (χ1n) is 7.72. The van der Waals surface area contributed by atoms with Gasteiger partial charge in [0.25, 0.3) is 5.91 Å². The second-order valence-corrected chi connectivity index (χ2v) is 7.22. The summed E-state index contributed by atoms with van der Waals surface area (Å²) < 4.78 is 5.73. The lowest BCUT2D eigenvalue weighted by atomic mass is 10.1. The number of furan rings is 1. The molecule has 3 heterocycles. The van der Waals surface area contributed by atoms with Crippen molar-refractivity contribution in [1.29, 1.82) is 0 Å². The van der Waals surface area contributed by atoms with Crippen molar-refractivity contribution >= 4 is 46.2 Å². The minimum absolute atomic E-state index is 0.105. The molecule has 0 aliphatic carbocycles. The summed E-state index contributed by atoms with van der Waals surface area (Å²) in [5.74, 6) is 0.575. The van der Waals surface area contributed by atoms with Crippen molar-refractivity contribution in [1.82, 2.24) is 9.80 Å². The number of piperidine rings is 1. The topological polar surface area (TPSA) is 53.8 Å². The van der Waals surface area contributed by atoms with E-state index in [-0.39, 0.29) is 11.8 Å². The smallest absolute Gasteiger partial charge is 0.266 e. The molecule has 0 N–H and O–H groups in total. The third-order valence-corrected chi connectivity index (χ3v) is 5.33. The van der Waals surface area contributed by atoms with E-state index in [4.69, 9.17) is 16.6 Å². The number of likely N-dealkylation sites (tertiary alicyclic amines) is 1. The molecule has 0 unspecified atom stereocenters. The van der Waals surface area contributed by atoms with Gasteiger partial charge in [0.15, 0.2) is 0 Å². The van der Waals surface area contributed by atoms with Gasteiger partial charge in [-0.25, -0.2) is 0 Å². The van der Waals surface area contributed by atoms with Crippen LogP contribution in [0.1, 0.15) is 31.4 Å². The number of nitrogens with zero attached hydrogens (tertiary/aromatic N) is 2. The zero-order valence-corrected chi connectivity index (χ0v) is 14.3. The van der Waals surface area contributed by atoms with Gasteiger partial charge in [-0.1, -0.05) is 24.0 Å². The van der Waals surface area contributed by atoms with Gasteiger partial charge in [-0.05, 0) is 31.4 Å². The lowest BCUT2D eigenvalue weighted by molar-refractivity contribution is -0.132. The Hall–Kier alpha value is -1.60. The Kier molecular flexibility index (Phi) is 5.17. The predicted octanol–water partition coefficient (Wildman–Crippen LogP) is 2.88. The number of carbonyl (C=O) groups is 2. The molecule has 0 aromatic carbocycles. The van der Waals surface area contributed by atoms with Gasteiger partial charge in [-0.3, -0.25) is 14.5 Å². The van der Waals surface area contributed by atoms with Crippen LogP contribution in [0.4, 0.5) is 0 Å². The van der Waals surface area contributed by atoms with Crippen molar-refractivity contribution in [3.05, 3.63) is 29.1 Å². The maximum atomic E-state index is 12.4. The average Bonchev–Trinajstić information content (AvgIpc) is 3.16. The Labute approximate surface area is 144 Å². The quantitative estimate of drug-likeness (QED) is 0.617. The van der Waals surface area contributed by atoms with Gasteiger partial charge in [0.05, 0.1) is 11.2 Å². The molecule has 0 bridgehead atoms. The molecule has 7 heteroatoms. The first-order valence-corrected chi connectivity index (χ1v) is 8.94. The van der Waals surface area contributed by atoms with Gasteiger partial charge in [-0.2, -0.15) is 0 Å². The van der Waals surface area contributed by atoms with Crippen molar-refractivity contribution in [3.63, 3.8) is 0 Å². The maximum absolute atomic E-state index is 12.4. The van der Waals surface area contributed by atoms with Gasteiger partial charge < -0.3 is 9.32 Å². The van der Waals surface area contributed by atoms with Crippen LogP contribution in [-0.2, 0) is 9.59 Å². The molecule has 2 aliphatic heterocycles. The van der Waals surface area contributed by atoms with E-state index in [2.05, 4.69) is 0 Å². The Balaban J connectivity index is 1.58. The van der Waals surface area contributed by atoms with Crippen LogP contribution < -0.4 is 0 Å². The third-order valence-electron chi connectivity index (χ3n) is 3.95. The molecule has 1 aromatic rings. The fraction of sp³-hybridized carbons (Fsp3) is 0.438. The molecule has 2 aliphatic rings.